The molecule has 0 saturated carbocycles. The second kappa shape index (κ2) is 6.14. The summed E-state index contributed by atoms with van der Waals surface area (Å²) in [6, 6.07) is 5.03. The number of nitrogens with one attached hydrogen (secondary N) is 1. The molecule has 2 amide bonds. The zero-order valence-electron chi connectivity index (χ0n) is 11.7. The number of imide groups is 1. The number of alkyl carbamates (subject to hydrolysis) is 1. The fraction of sp³-hybridized carbons (Fsp3) is 0.385. The first-order valence-corrected chi connectivity index (χ1v) is 5.75. The molecule has 110 valence electrons. The molecule has 0 fully saturated rings. The summed E-state index contributed by atoms with van der Waals surface area (Å²) < 4.78 is 15.4. The Morgan fingerprint density at radius 1 is 1.10 bits per heavy atom. The van der Waals surface area contributed by atoms with E-state index in [2.05, 4.69) is 0 Å². The van der Waals surface area contributed by atoms with Gasteiger partial charge in [-0.3, -0.25) is 0 Å². The first-order chi connectivity index (χ1) is 9.28. The SMILES string of the molecule is COc1cc(OC)cc(C(C)(C)OC(=O)NC(=O)O)c1. The van der Waals surface area contributed by atoms with Gasteiger partial charge in [-0.05, 0) is 26.0 Å². The Kier molecular flexibility index (Phi) is 4.79. The van der Waals surface area contributed by atoms with Gasteiger partial charge in [0.2, 0.25) is 0 Å². The van der Waals surface area contributed by atoms with Crippen LogP contribution in [0.3, 0.4) is 0 Å². The van der Waals surface area contributed by atoms with Crippen molar-refractivity contribution >= 4 is 12.2 Å². The minimum atomic E-state index is -1.48. The average Bonchev–Trinajstić information content (AvgIpc) is 2.36. The van der Waals surface area contributed by atoms with E-state index in [1.165, 1.54) is 14.2 Å². The molecule has 0 unspecified atom stereocenters. The van der Waals surface area contributed by atoms with Crippen molar-refractivity contribution in [3.05, 3.63) is 23.8 Å². The molecule has 0 aromatic heterocycles. The van der Waals surface area contributed by atoms with Crippen molar-refractivity contribution in [2.75, 3.05) is 14.2 Å². The van der Waals surface area contributed by atoms with E-state index < -0.39 is 17.8 Å². The molecule has 0 radical (unpaired) electrons. The molecule has 0 bridgehead atoms. The molecule has 0 spiro atoms. The predicted molar refractivity (Wildman–Crippen MR) is 70.2 cm³/mol. The van der Waals surface area contributed by atoms with E-state index in [4.69, 9.17) is 19.3 Å². The highest BCUT2D eigenvalue weighted by Crippen LogP contribution is 2.32. The summed E-state index contributed by atoms with van der Waals surface area (Å²) >= 11 is 0. The number of hydrogen-bond donors (Lipinski definition) is 2. The number of hydrogen-bond acceptors (Lipinski definition) is 5. The molecule has 1 aromatic rings. The molecule has 0 aliphatic rings. The van der Waals surface area contributed by atoms with E-state index in [9.17, 15) is 9.59 Å². The topological polar surface area (TPSA) is 94.1 Å². The van der Waals surface area contributed by atoms with Crippen molar-refractivity contribution in [3.8, 4) is 11.5 Å². The number of methoxy groups -OCH3 is 2. The van der Waals surface area contributed by atoms with Crippen LogP contribution in [-0.2, 0) is 10.3 Å². The van der Waals surface area contributed by atoms with Crippen molar-refractivity contribution in [3.63, 3.8) is 0 Å². The number of carbonyl (C=O) groups excluding carboxylic acids is 1. The number of carboxylic acid groups (broad SMARTS) is 1. The maximum absolute atomic E-state index is 11.4. The number of ether oxygens (including phenoxy) is 3. The van der Waals surface area contributed by atoms with E-state index in [1.807, 2.05) is 0 Å². The zero-order valence-corrected chi connectivity index (χ0v) is 11.7. The van der Waals surface area contributed by atoms with Gasteiger partial charge in [0.1, 0.15) is 17.1 Å². The summed E-state index contributed by atoms with van der Waals surface area (Å²) in [4.78, 5) is 21.8. The van der Waals surface area contributed by atoms with Gasteiger partial charge in [0.15, 0.2) is 0 Å². The second-order valence-electron chi connectivity index (χ2n) is 4.43. The van der Waals surface area contributed by atoms with Crippen LogP contribution in [0.4, 0.5) is 9.59 Å². The van der Waals surface area contributed by atoms with Crippen LogP contribution in [0, 0.1) is 0 Å². The molecule has 7 heteroatoms. The molecular formula is C13H17NO6. The molecule has 0 aliphatic heterocycles. The van der Waals surface area contributed by atoms with Crippen LogP contribution in [0.5, 0.6) is 11.5 Å². The Labute approximate surface area is 116 Å². The summed E-state index contributed by atoms with van der Waals surface area (Å²) in [5.74, 6) is 1.07. The Bertz CT molecular complexity index is 489. The smallest absolute Gasteiger partial charge is 0.417 e. The highest BCUT2D eigenvalue weighted by atomic mass is 16.6. The Balaban J connectivity index is 3.01. The predicted octanol–water partition coefficient (Wildman–Crippen LogP) is 2.34. The van der Waals surface area contributed by atoms with E-state index in [0.29, 0.717) is 17.1 Å². The van der Waals surface area contributed by atoms with Crippen LogP contribution in [0.15, 0.2) is 18.2 Å². The molecule has 2 N–H and O–H groups in total. The third kappa shape index (κ3) is 4.04. The monoisotopic (exact) mass is 283 g/mol. The molecule has 20 heavy (non-hydrogen) atoms. The minimum Gasteiger partial charge on any atom is -0.497 e. The lowest BCUT2D eigenvalue weighted by molar-refractivity contribution is 0.0367. The van der Waals surface area contributed by atoms with Crippen LogP contribution in [-0.4, -0.2) is 31.5 Å². The molecule has 1 aromatic carbocycles. The third-order valence-corrected chi connectivity index (χ3v) is 2.60. The van der Waals surface area contributed by atoms with Crippen LogP contribution in [0.2, 0.25) is 0 Å². The van der Waals surface area contributed by atoms with Crippen LogP contribution in [0.25, 0.3) is 0 Å². The van der Waals surface area contributed by atoms with Crippen molar-refractivity contribution in [2.45, 2.75) is 19.4 Å². The highest BCUT2D eigenvalue weighted by molar-refractivity contribution is 5.86. The molecule has 0 saturated heterocycles. The van der Waals surface area contributed by atoms with E-state index in [1.54, 1.807) is 37.4 Å². The van der Waals surface area contributed by atoms with Crippen LogP contribution in [0.1, 0.15) is 19.4 Å². The van der Waals surface area contributed by atoms with Crippen LogP contribution >= 0.6 is 0 Å². The average molecular weight is 283 g/mol. The number of amides is 2. The Hall–Kier alpha value is -2.44. The Morgan fingerprint density at radius 2 is 1.60 bits per heavy atom. The van der Waals surface area contributed by atoms with Gasteiger partial charge in [0.25, 0.3) is 0 Å². The Morgan fingerprint density at radius 3 is 2.00 bits per heavy atom. The van der Waals surface area contributed by atoms with E-state index in [0.717, 1.165) is 0 Å². The largest absolute Gasteiger partial charge is 0.497 e. The number of carbonyl (C=O) groups is 2. The van der Waals surface area contributed by atoms with Gasteiger partial charge in [0.05, 0.1) is 14.2 Å². The molecule has 7 nitrogen and oxygen atoms in total. The molecule has 0 heterocycles. The van der Waals surface area contributed by atoms with Gasteiger partial charge in [-0.1, -0.05) is 0 Å². The van der Waals surface area contributed by atoms with Crippen molar-refractivity contribution in [1.29, 1.82) is 0 Å². The van der Waals surface area contributed by atoms with Crippen molar-refractivity contribution in [1.82, 2.24) is 5.32 Å². The summed E-state index contributed by atoms with van der Waals surface area (Å²) in [5.41, 5.74) is -0.448. The number of benzene rings is 1. The van der Waals surface area contributed by atoms with Crippen molar-refractivity contribution in [2.24, 2.45) is 0 Å². The second-order valence-corrected chi connectivity index (χ2v) is 4.43. The summed E-state index contributed by atoms with van der Waals surface area (Å²) in [6.45, 7) is 3.26. The lowest BCUT2D eigenvalue weighted by Gasteiger charge is -2.26. The lowest BCUT2D eigenvalue weighted by atomic mass is 9.97. The van der Waals surface area contributed by atoms with E-state index >= 15 is 0 Å². The molecule has 0 aliphatic carbocycles. The van der Waals surface area contributed by atoms with Gasteiger partial charge >= 0.3 is 12.2 Å². The zero-order chi connectivity index (χ0) is 15.3. The van der Waals surface area contributed by atoms with Gasteiger partial charge in [0, 0.05) is 11.6 Å². The highest BCUT2D eigenvalue weighted by Gasteiger charge is 2.27. The van der Waals surface area contributed by atoms with Gasteiger partial charge in [-0.2, -0.15) is 0 Å². The fourth-order valence-corrected chi connectivity index (χ4v) is 1.56. The van der Waals surface area contributed by atoms with Crippen molar-refractivity contribution < 1.29 is 28.9 Å². The molecular weight excluding hydrogens is 266 g/mol. The summed E-state index contributed by atoms with van der Waals surface area (Å²) in [5, 5.41) is 10.1. The normalized spacial score (nSPS) is 10.6. The quantitative estimate of drug-likeness (QED) is 0.880. The van der Waals surface area contributed by atoms with Gasteiger partial charge < -0.3 is 19.3 Å². The molecule has 1 rings (SSSR count). The first kappa shape index (κ1) is 15.6. The fourth-order valence-electron chi connectivity index (χ4n) is 1.56. The molecule has 0 atom stereocenters. The standard InChI is InChI=1S/C13H17NO6/c1-13(2,20-12(17)14-11(15)16)8-5-9(18-3)7-10(6-8)19-4/h5-7H,1-4H3,(H,14,17)(H,15,16). The third-order valence-electron chi connectivity index (χ3n) is 2.60. The maximum atomic E-state index is 11.4. The maximum Gasteiger partial charge on any atom is 0.417 e. The summed E-state index contributed by atoms with van der Waals surface area (Å²) in [7, 11) is 3.01. The van der Waals surface area contributed by atoms with Gasteiger partial charge in [-0.15, -0.1) is 0 Å². The first-order valence-electron chi connectivity index (χ1n) is 5.75. The van der Waals surface area contributed by atoms with E-state index in [-0.39, 0.29) is 0 Å². The number of rotatable bonds is 4. The van der Waals surface area contributed by atoms with Gasteiger partial charge in [-0.25, -0.2) is 14.9 Å². The summed E-state index contributed by atoms with van der Waals surface area (Å²) in [6.07, 6.45) is -2.53. The lowest BCUT2D eigenvalue weighted by Crippen LogP contribution is -2.35. The van der Waals surface area contributed by atoms with Crippen LogP contribution < -0.4 is 14.8 Å². The minimum absolute atomic E-state index is 0.537.